The number of hydrogen-bond donors (Lipinski definition) is 2. The summed E-state index contributed by atoms with van der Waals surface area (Å²) in [7, 11) is 1.94. The minimum absolute atomic E-state index is 0.0977. The van der Waals surface area contributed by atoms with Gasteiger partial charge in [0.05, 0.1) is 5.56 Å². The van der Waals surface area contributed by atoms with Gasteiger partial charge in [-0.3, -0.25) is 4.79 Å². The smallest absolute Gasteiger partial charge is 0.256 e. The second-order valence-corrected chi connectivity index (χ2v) is 6.28. The summed E-state index contributed by atoms with van der Waals surface area (Å²) in [4.78, 5) is 22.1. The van der Waals surface area contributed by atoms with E-state index in [0.717, 1.165) is 29.4 Å². The van der Waals surface area contributed by atoms with E-state index in [-0.39, 0.29) is 5.91 Å². The molecule has 2 saturated heterocycles. The average Bonchev–Trinajstić information content (AvgIpc) is 3.09. The number of pyridine rings is 1. The number of carbonyl (C=O) groups excluding carboxylic acids is 1. The number of rotatable bonds is 2. The van der Waals surface area contributed by atoms with Crippen molar-refractivity contribution in [3.63, 3.8) is 0 Å². The van der Waals surface area contributed by atoms with Crippen molar-refractivity contribution in [3.05, 3.63) is 30.1 Å². The quantitative estimate of drug-likeness (QED) is 0.885. The number of H-pyrrole nitrogens is 1. The monoisotopic (exact) mass is 284 g/mol. The zero-order valence-corrected chi connectivity index (χ0v) is 12.2. The lowest BCUT2D eigenvalue weighted by Gasteiger charge is -2.35. The van der Waals surface area contributed by atoms with Crippen LogP contribution in [0.5, 0.6) is 0 Å². The molecule has 2 unspecified atom stereocenters. The molecule has 4 heterocycles. The van der Waals surface area contributed by atoms with Crippen molar-refractivity contribution >= 4 is 16.9 Å². The molecular formula is C16H20N4O. The van der Waals surface area contributed by atoms with Crippen LogP contribution in [0.25, 0.3) is 11.0 Å². The van der Waals surface area contributed by atoms with Crippen LogP contribution < -0.4 is 5.32 Å². The van der Waals surface area contributed by atoms with E-state index in [1.54, 1.807) is 12.4 Å². The van der Waals surface area contributed by atoms with Crippen LogP contribution in [0.2, 0.25) is 0 Å². The summed E-state index contributed by atoms with van der Waals surface area (Å²) in [6.07, 6.45) is 8.16. The average molecular weight is 284 g/mol. The normalized spacial score (nSPS) is 28.0. The summed E-state index contributed by atoms with van der Waals surface area (Å²) in [6.45, 7) is 0. The van der Waals surface area contributed by atoms with E-state index < -0.39 is 0 Å². The van der Waals surface area contributed by atoms with Crippen LogP contribution in [0.15, 0.2) is 24.5 Å². The second kappa shape index (κ2) is 4.84. The first-order chi connectivity index (χ1) is 10.2. The Balaban J connectivity index is 1.59. The molecule has 0 aromatic carbocycles. The van der Waals surface area contributed by atoms with Crippen LogP contribution in [0.4, 0.5) is 0 Å². The molecule has 2 atom stereocenters. The van der Waals surface area contributed by atoms with Crippen LogP contribution in [-0.2, 0) is 0 Å². The van der Waals surface area contributed by atoms with E-state index in [4.69, 9.17) is 0 Å². The highest BCUT2D eigenvalue weighted by Crippen LogP contribution is 2.30. The largest absolute Gasteiger partial charge is 0.345 e. The molecule has 0 spiro atoms. The summed E-state index contributed by atoms with van der Waals surface area (Å²) >= 11 is 0. The highest BCUT2D eigenvalue weighted by atomic mass is 16.2. The van der Waals surface area contributed by atoms with E-state index in [0.29, 0.717) is 18.1 Å². The minimum atomic E-state index is 0.0977. The molecule has 5 nitrogen and oxygen atoms in total. The maximum absolute atomic E-state index is 12.8. The molecule has 2 bridgehead atoms. The highest BCUT2D eigenvalue weighted by Gasteiger charge is 2.36. The van der Waals surface area contributed by atoms with Crippen LogP contribution in [0.3, 0.4) is 0 Å². The predicted molar refractivity (Wildman–Crippen MR) is 81.2 cm³/mol. The van der Waals surface area contributed by atoms with Gasteiger partial charge >= 0.3 is 0 Å². The molecule has 0 radical (unpaired) electrons. The van der Waals surface area contributed by atoms with Crippen molar-refractivity contribution in [2.24, 2.45) is 0 Å². The standard InChI is InChI=1S/C16H20N4O/c1-20(12-7-10-4-5-11(8-12)19-10)16(21)14-9-18-15-13(14)3-2-6-17-15/h2-3,6,9-12,19H,4-5,7-8H2,1H3,(H,17,18). The Morgan fingerprint density at radius 2 is 2.10 bits per heavy atom. The van der Waals surface area contributed by atoms with Gasteiger partial charge in [0.2, 0.25) is 0 Å². The van der Waals surface area contributed by atoms with Crippen molar-refractivity contribution in [2.45, 2.75) is 43.8 Å². The number of nitrogens with zero attached hydrogens (tertiary/aromatic N) is 2. The predicted octanol–water partition coefficient (Wildman–Crippen LogP) is 1.92. The third-order valence-electron chi connectivity index (χ3n) is 5.00. The van der Waals surface area contributed by atoms with Crippen LogP contribution in [-0.4, -0.2) is 45.9 Å². The molecule has 2 fully saturated rings. The molecule has 0 saturated carbocycles. The molecule has 110 valence electrons. The molecule has 0 aliphatic carbocycles. The van der Waals surface area contributed by atoms with Crippen molar-refractivity contribution in [3.8, 4) is 0 Å². The Bertz CT molecular complexity index is 668. The van der Waals surface area contributed by atoms with Gasteiger partial charge in [-0.15, -0.1) is 0 Å². The Morgan fingerprint density at radius 3 is 2.86 bits per heavy atom. The van der Waals surface area contributed by atoms with Crippen molar-refractivity contribution in [1.82, 2.24) is 20.2 Å². The highest BCUT2D eigenvalue weighted by molar-refractivity contribution is 6.05. The van der Waals surface area contributed by atoms with E-state index in [9.17, 15) is 4.79 Å². The van der Waals surface area contributed by atoms with Crippen LogP contribution >= 0.6 is 0 Å². The molecule has 2 aliphatic rings. The molecule has 4 rings (SSSR count). The number of nitrogens with one attached hydrogen (secondary N) is 2. The summed E-state index contributed by atoms with van der Waals surface area (Å²) in [5.41, 5.74) is 1.51. The fourth-order valence-corrected chi connectivity index (χ4v) is 3.83. The van der Waals surface area contributed by atoms with Gasteiger partial charge in [-0.2, -0.15) is 0 Å². The SMILES string of the molecule is CN(C(=O)c1c[nH]c2ncccc12)C1CC2CCC(C1)N2. The van der Waals surface area contributed by atoms with Gasteiger partial charge in [0, 0.05) is 43.0 Å². The zero-order valence-electron chi connectivity index (χ0n) is 12.2. The third-order valence-corrected chi connectivity index (χ3v) is 5.00. The van der Waals surface area contributed by atoms with Gasteiger partial charge < -0.3 is 15.2 Å². The van der Waals surface area contributed by atoms with Gasteiger partial charge in [0.1, 0.15) is 5.65 Å². The molecule has 2 aliphatic heterocycles. The lowest BCUT2D eigenvalue weighted by molar-refractivity contribution is 0.0684. The first-order valence-corrected chi connectivity index (χ1v) is 7.67. The Morgan fingerprint density at radius 1 is 1.33 bits per heavy atom. The van der Waals surface area contributed by atoms with E-state index in [2.05, 4.69) is 15.3 Å². The van der Waals surface area contributed by atoms with Gasteiger partial charge in [-0.1, -0.05) is 0 Å². The van der Waals surface area contributed by atoms with E-state index in [1.165, 1.54) is 12.8 Å². The second-order valence-electron chi connectivity index (χ2n) is 6.28. The molecule has 5 heteroatoms. The number of amides is 1. The topological polar surface area (TPSA) is 61.0 Å². The van der Waals surface area contributed by atoms with Crippen LogP contribution in [0.1, 0.15) is 36.0 Å². The van der Waals surface area contributed by atoms with Crippen molar-refractivity contribution in [2.75, 3.05) is 7.05 Å². The molecule has 1 amide bonds. The fraction of sp³-hybridized carbons (Fsp3) is 0.500. The van der Waals surface area contributed by atoms with Crippen molar-refractivity contribution in [1.29, 1.82) is 0 Å². The molecule has 2 N–H and O–H groups in total. The maximum Gasteiger partial charge on any atom is 0.256 e. The fourth-order valence-electron chi connectivity index (χ4n) is 3.83. The van der Waals surface area contributed by atoms with Gasteiger partial charge in [-0.05, 0) is 37.8 Å². The molecule has 21 heavy (non-hydrogen) atoms. The number of piperidine rings is 1. The first-order valence-electron chi connectivity index (χ1n) is 7.67. The Labute approximate surface area is 123 Å². The van der Waals surface area contributed by atoms with Crippen LogP contribution in [0, 0.1) is 0 Å². The summed E-state index contributed by atoms with van der Waals surface area (Å²) in [6, 6.07) is 5.35. The number of hydrogen-bond acceptors (Lipinski definition) is 3. The van der Waals surface area contributed by atoms with E-state index in [1.807, 2.05) is 24.1 Å². The zero-order chi connectivity index (χ0) is 14.4. The number of carbonyl (C=O) groups is 1. The number of fused-ring (bicyclic) bond motifs is 3. The van der Waals surface area contributed by atoms with E-state index >= 15 is 0 Å². The Hall–Kier alpha value is -1.88. The third kappa shape index (κ3) is 2.12. The van der Waals surface area contributed by atoms with Crippen molar-refractivity contribution < 1.29 is 4.79 Å². The molecule has 2 aromatic heterocycles. The maximum atomic E-state index is 12.8. The van der Waals surface area contributed by atoms with Gasteiger partial charge in [0.25, 0.3) is 5.91 Å². The molecule has 2 aromatic rings. The molecular weight excluding hydrogens is 264 g/mol. The Kier molecular flexibility index (Phi) is 2.96. The number of aromatic amines is 1. The lowest BCUT2D eigenvalue weighted by Crippen LogP contribution is -2.48. The first kappa shape index (κ1) is 12.8. The van der Waals surface area contributed by atoms with Gasteiger partial charge in [0.15, 0.2) is 0 Å². The summed E-state index contributed by atoms with van der Waals surface area (Å²) in [5.74, 6) is 0.0977. The lowest BCUT2D eigenvalue weighted by atomic mass is 9.98. The van der Waals surface area contributed by atoms with Gasteiger partial charge in [-0.25, -0.2) is 4.98 Å². The summed E-state index contributed by atoms with van der Waals surface area (Å²) < 4.78 is 0. The summed E-state index contributed by atoms with van der Waals surface area (Å²) in [5, 5.41) is 4.53. The minimum Gasteiger partial charge on any atom is -0.345 e. The number of aromatic nitrogens is 2.